The summed E-state index contributed by atoms with van der Waals surface area (Å²) in [6.07, 6.45) is 11.1. The fourth-order valence-electron chi connectivity index (χ4n) is 10.2. The minimum atomic E-state index is -1.75. The van der Waals surface area contributed by atoms with E-state index in [1.807, 2.05) is 90.1 Å². The highest BCUT2D eigenvalue weighted by Crippen LogP contribution is 2.47. The average molecular weight is 1040 g/mol. The van der Waals surface area contributed by atoms with Crippen molar-refractivity contribution in [2.24, 2.45) is 0 Å². The molecule has 5 heterocycles. The summed E-state index contributed by atoms with van der Waals surface area (Å²) in [6, 6.07) is 22.3. The van der Waals surface area contributed by atoms with Crippen molar-refractivity contribution < 1.29 is 29.3 Å². The maximum absolute atomic E-state index is 12.0. The predicted octanol–water partition coefficient (Wildman–Crippen LogP) is 13.1. The first kappa shape index (κ1) is 58.2. The molecule has 21 nitrogen and oxygen atoms in total. The van der Waals surface area contributed by atoms with Gasteiger partial charge < -0.3 is 39.7 Å². The van der Waals surface area contributed by atoms with Crippen LogP contribution in [0.1, 0.15) is 177 Å². The van der Waals surface area contributed by atoms with Crippen LogP contribution >= 0.6 is 0 Å². The van der Waals surface area contributed by atoms with Crippen LogP contribution in [0.3, 0.4) is 0 Å². The van der Waals surface area contributed by atoms with Crippen molar-refractivity contribution in [1.82, 2.24) is 19.9 Å². The van der Waals surface area contributed by atoms with Gasteiger partial charge in [-0.05, 0) is 127 Å². The Morgan fingerprint density at radius 2 is 0.573 bits per heavy atom. The molecular formula is C54H72N10O11. The molecule has 0 saturated carbocycles. The van der Waals surface area contributed by atoms with Crippen LogP contribution < -0.4 is 0 Å². The number of quaternary nitrogens is 1. The van der Waals surface area contributed by atoms with E-state index in [0.29, 0.717) is 33.9 Å². The molecule has 8 bridgehead atoms. The van der Waals surface area contributed by atoms with Crippen LogP contribution in [-0.2, 0) is 21.7 Å². The second kappa shape index (κ2) is 23.7. The molecule has 0 saturated heterocycles. The van der Waals surface area contributed by atoms with E-state index >= 15 is 0 Å². The highest BCUT2D eigenvalue weighted by Gasteiger charge is 2.43. The molecule has 0 atom stereocenters. The molecule has 7 rings (SSSR count). The minimum Gasteiger partial charge on any atom is -0.360 e. The van der Waals surface area contributed by atoms with Crippen LogP contribution in [0, 0.1) is 55.8 Å². The lowest BCUT2D eigenvalue weighted by Gasteiger charge is -2.39. The predicted molar refractivity (Wildman–Crippen MR) is 288 cm³/mol. The largest absolute Gasteiger partial charge is 0.360 e. The smallest absolute Gasteiger partial charge is 0.276 e. The molecule has 0 spiro atoms. The normalized spacial score (nSPS) is 17.4. The topological polar surface area (TPSA) is 302 Å². The molecule has 1 aliphatic rings. The molecule has 1 aliphatic heterocycles. The number of fused-ring (bicyclic) bond motifs is 8. The summed E-state index contributed by atoms with van der Waals surface area (Å²) in [5, 5.41) is 62.8. The van der Waals surface area contributed by atoms with Crippen LogP contribution in [0.15, 0.2) is 84.9 Å². The molecule has 0 amide bonds. The molecule has 4 aromatic heterocycles. The van der Waals surface area contributed by atoms with Gasteiger partial charge in [0.05, 0.1) is 73.9 Å². The number of aromatic amines is 4. The molecule has 6 aromatic rings. The number of hydrogen-bond donors (Lipinski definition) is 4. The molecule has 0 unspecified atom stereocenters. The molecule has 0 fully saturated rings. The zero-order valence-electron chi connectivity index (χ0n) is 44.7. The van der Waals surface area contributed by atoms with Crippen LogP contribution in [-0.4, -0.2) is 75.4 Å². The van der Waals surface area contributed by atoms with Gasteiger partial charge in [0.25, 0.3) is 22.7 Å². The maximum atomic E-state index is 12.0. The second-order valence-corrected chi connectivity index (χ2v) is 21.0. The number of nitrogens with zero attached hydrogens (tertiary/aromatic N) is 6. The fraction of sp³-hybridized carbons (Fsp3) is 0.481. The number of nitro benzene ring substituents is 4. The second-order valence-electron chi connectivity index (χ2n) is 21.0. The molecule has 404 valence electrons. The monoisotopic (exact) mass is 1040 g/mol. The number of aromatic nitrogens is 4. The lowest BCUT2D eigenvalue weighted by molar-refractivity contribution is -0.929. The Labute approximate surface area is 436 Å². The third-order valence-electron chi connectivity index (χ3n) is 15.3. The van der Waals surface area contributed by atoms with Gasteiger partial charge in [-0.15, -0.1) is 0 Å². The van der Waals surface area contributed by atoms with Crippen molar-refractivity contribution in [3.63, 3.8) is 0 Å². The van der Waals surface area contributed by atoms with E-state index in [1.54, 1.807) is 0 Å². The molecule has 0 aliphatic carbocycles. The SMILES string of the molecule is CC1(C)c2ccc([nH]2)C(C)(c2cc([N+](=O)[O-])cc([N+](=O)[O-])c2)c2ccc([nH]2)C(C)(C)c2ccc([nH]2)C(C)(c2cc([N+](=O)[O-])cc([N+](=O)[O-])c2)c2ccc1[nH]2.CCCC[N+](CCCC)(CCCC)CCCC.O=[N+]([O-])[O-]. The Morgan fingerprint density at radius 1 is 0.373 bits per heavy atom. The Morgan fingerprint density at radius 3 is 0.760 bits per heavy atom. The average Bonchev–Trinajstić information content (AvgIpc) is 4.23. The first-order valence-corrected chi connectivity index (χ1v) is 25.6. The molecule has 4 N–H and O–H groups in total. The number of benzene rings is 2. The molecular weight excluding hydrogens is 965 g/mol. The van der Waals surface area contributed by atoms with E-state index in [0.717, 1.165) is 34.9 Å². The van der Waals surface area contributed by atoms with E-state index in [2.05, 4.69) is 47.6 Å². The summed E-state index contributed by atoms with van der Waals surface area (Å²) in [6.45, 7) is 26.6. The summed E-state index contributed by atoms with van der Waals surface area (Å²) < 4.78 is 1.42. The summed E-state index contributed by atoms with van der Waals surface area (Å²) in [7, 11) is 0. The lowest BCUT2D eigenvalue weighted by Crippen LogP contribution is -2.50. The van der Waals surface area contributed by atoms with Crippen molar-refractivity contribution in [1.29, 1.82) is 0 Å². The number of H-pyrrole nitrogens is 4. The van der Waals surface area contributed by atoms with Crippen LogP contribution in [0.2, 0.25) is 0 Å². The van der Waals surface area contributed by atoms with Gasteiger partial charge in [0.2, 0.25) is 0 Å². The lowest BCUT2D eigenvalue weighted by atomic mass is 9.76. The molecule has 21 heteroatoms. The molecule has 0 radical (unpaired) electrons. The third-order valence-corrected chi connectivity index (χ3v) is 15.3. The van der Waals surface area contributed by atoms with Gasteiger partial charge in [-0.2, -0.15) is 0 Å². The maximum Gasteiger partial charge on any atom is 0.276 e. The van der Waals surface area contributed by atoms with Gasteiger partial charge in [0.15, 0.2) is 0 Å². The summed E-state index contributed by atoms with van der Waals surface area (Å²) in [5.41, 5.74) is 0.569. The number of nitrogens with one attached hydrogen (secondary N) is 4. The summed E-state index contributed by atoms with van der Waals surface area (Å²) in [4.78, 5) is 68.0. The first-order valence-electron chi connectivity index (χ1n) is 25.6. The van der Waals surface area contributed by atoms with Gasteiger partial charge in [-0.3, -0.25) is 40.5 Å². The van der Waals surface area contributed by atoms with E-state index < -0.39 is 69.2 Å². The molecule has 2 aromatic carbocycles. The Bertz CT molecular complexity index is 2610. The standard InChI is InChI=1S/C38H36N8O8.C16H36N.NO3/c1-35(2)27-7-11-31(39-27)37(5,21-15-23(43(47)48)19-24(16-21)44(49)50)33-13-9-29(41-33)36(3,4)30-10-14-34(42-30)38(6,32-12-8-28(35)40-32)22-17-25(45(51)52)20-26(18-22)46(53)54;1-5-9-13-17(14-10-6-2,15-11-7-3)16-12-8-4;2-1(3)4/h7-20,39-42H,1-6H3;5-16H2,1-4H3;/q;+1;-1. The van der Waals surface area contributed by atoms with E-state index in [9.17, 15) is 40.5 Å². The summed E-state index contributed by atoms with van der Waals surface area (Å²) >= 11 is 0. The molecule has 75 heavy (non-hydrogen) atoms. The van der Waals surface area contributed by atoms with Gasteiger partial charge >= 0.3 is 0 Å². The zero-order valence-corrected chi connectivity index (χ0v) is 44.7. The van der Waals surface area contributed by atoms with Crippen molar-refractivity contribution in [3.05, 3.63) is 197 Å². The highest BCUT2D eigenvalue weighted by molar-refractivity contribution is 5.58. The number of nitro groups is 4. The van der Waals surface area contributed by atoms with Crippen LogP contribution in [0.25, 0.3) is 0 Å². The van der Waals surface area contributed by atoms with Crippen molar-refractivity contribution in [2.75, 3.05) is 26.2 Å². The highest BCUT2D eigenvalue weighted by atomic mass is 16.9. The quantitative estimate of drug-likeness (QED) is 0.0356. The van der Waals surface area contributed by atoms with Crippen molar-refractivity contribution >= 4 is 22.7 Å². The number of hydrogen-bond acceptors (Lipinski definition) is 11. The zero-order chi connectivity index (χ0) is 55.7. The number of non-ortho nitro benzene ring substituents is 4. The first-order chi connectivity index (χ1) is 35.2. The number of rotatable bonds is 18. The van der Waals surface area contributed by atoms with E-state index in [4.69, 9.17) is 15.3 Å². The third kappa shape index (κ3) is 12.5. The van der Waals surface area contributed by atoms with Crippen molar-refractivity contribution in [2.45, 2.75) is 142 Å². The number of unbranched alkanes of at least 4 members (excludes halogenated alkanes) is 4. The van der Waals surface area contributed by atoms with Gasteiger partial charge in [0, 0.05) is 80.6 Å². The Balaban J connectivity index is 0.000000418. The van der Waals surface area contributed by atoms with E-state index in [-0.39, 0.29) is 0 Å². The summed E-state index contributed by atoms with van der Waals surface area (Å²) in [5.74, 6) is 0. The van der Waals surface area contributed by atoms with Crippen LogP contribution in [0.5, 0.6) is 0 Å². The van der Waals surface area contributed by atoms with Gasteiger partial charge in [-0.25, -0.2) is 0 Å². The van der Waals surface area contributed by atoms with Gasteiger partial charge in [-0.1, -0.05) is 53.4 Å². The fourth-order valence-corrected chi connectivity index (χ4v) is 10.2. The van der Waals surface area contributed by atoms with Crippen LogP contribution in [0.4, 0.5) is 22.7 Å². The Kier molecular flexibility index (Phi) is 18.4. The van der Waals surface area contributed by atoms with E-state index in [1.165, 1.54) is 106 Å². The van der Waals surface area contributed by atoms with Gasteiger partial charge in [0.1, 0.15) is 0 Å². The van der Waals surface area contributed by atoms with Crippen molar-refractivity contribution in [3.8, 4) is 0 Å². The Hall–Kier alpha value is -7.68. The minimum absolute atomic E-state index is 0.327.